The number of amides is 1. The Balaban J connectivity index is 4.84. The lowest BCUT2D eigenvalue weighted by Gasteiger charge is -2.38. The predicted octanol–water partition coefficient (Wildman–Crippen LogP) is 1.28. The molecule has 0 aromatic heterocycles. The third-order valence-electron chi connectivity index (χ3n) is 2.97. The maximum atomic E-state index is 12.0. The second kappa shape index (κ2) is 3.86. The van der Waals surface area contributed by atoms with E-state index in [1.807, 2.05) is 27.7 Å². The summed E-state index contributed by atoms with van der Waals surface area (Å²) >= 11 is 0. The van der Waals surface area contributed by atoms with Crippen molar-refractivity contribution in [1.82, 2.24) is 5.32 Å². The Morgan fingerprint density at radius 1 is 1.20 bits per heavy atom. The van der Waals surface area contributed by atoms with Crippen LogP contribution in [0.5, 0.6) is 0 Å². The van der Waals surface area contributed by atoms with Crippen molar-refractivity contribution in [3.05, 3.63) is 0 Å². The molecule has 0 aliphatic carbocycles. The molecular weight excluding hydrogens is 188 g/mol. The van der Waals surface area contributed by atoms with Gasteiger partial charge >= 0.3 is 0 Å². The molecule has 0 bridgehead atoms. The first-order chi connectivity index (χ1) is 6.44. The highest BCUT2D eigenvalue weighted by molar-refractivity contribution is 5.84. The first kappa shape index (κ1) is 14.0. The summed E-state index contributed by atoms with van der Waals surface area (Å²) in [5.41, 5.74) is 4.06. The van der Waals surface area contributed by atoms with Gasteiger partial charge in [0.1, 0.15) is 0 Å². The van der Waals surface area contributed by atoms with Crippen LogP contribution in [0, 0.1) is 17.8 Å². The largest absolute Gasteiger partial charge is 0.340 e. The van der Waals surface area contributed by atoms with Crippen molar-refractivity contribution in [3.8, 4) is 12.3 Å². The zero-order valence-electron chi connectivity index (χ0n) is 10.6. The van der Waals surface area contributed by atoms with Gasteiger partial charge in [-0.05, 0) is 41.5 Å². The molecule has 0 rings (SSSR count). The maximum absolute atomic E-state index is 12.0. The standard InChI is InChI=1S/C12H22N2O/c1-8-10(2,3)14-9(15)11(4,5)12(6,7)13/h1H,13H2,2-7H3,(H,14,15). The topological polar surface area (TPSA) is 55.1 Å². The summed E-state index contributed by atoms with van der Waals surface area (Å²) in [5, 5.41) is 2.80. The van der Waals surface area contributed by atoms with Crippen LogP contribution in [-0.4, -0.2) is 17.0 Å². The quantitative estimate of drug-likeness (QED) is 0.689. The van der Waals surface area contributed by atoms with Crippen LogP contribution in [0.3, 0.4) is 0 Å². The van der Waals surface area contributed by atoms with Gasteiger partial charge in [-0.2, -0.15) is 0 Å². The number of hydrogen-bond acceptors (Lipinski definition) is 2. The summed E-state index contributed by atoms with van der Waals surface area (Å²) in [4.78, 5) is 12.0. The summed E-state index contributed by atoms with van der Waals surface area (Å²) in [7, 11) is 0. The smallest absolute Gasteiger partial charge is 0.228 e. The van der Waals surface area contributed by atoms with E-state index in [0.717, 1.165) is 0 Å². The van der Waals surface area contributed by atoms with Crippen LogP contribution in [0.15, 0.2) is 0 Å². The Morgan fingerprint density at radius 2 is 1.60 bits per heavy atom. The van der Waals surface area contributed by atoms with E-state index in [4.69, 9.17) is 12.2 Å². The molecule has 0 atom stereocenters. The van der Waals surface area contributed by atoms with Gasteiger partial charge in [-0.3, -0.25) is 4.79 Å². The number of nitrogens with one attached hydrogen (secondary N) is 1. The molecule has 15 heavy (non-hydrogen) atoms. The molecule has 0 aromatic rings. The van der Waals surface area contributed by atoms with Gasteiger partial charge in [0.2, 0.25) is 5.91 Å². The van der Waals surface area contributed by atoms with Crippen molar-refractivity contribution in [2.24, 2.45) is 11.1 Å². The molecule has 0 spiro atoms. The molecular formula is C12H22N2O. The highest BCUT2D eigenvalue weighted by Gasteiger charge is 2.41. The number of hydrogen-bond donors (Lipinski definition) is 2. The van der Waals surface area contributed by atoms with Gasteiger partial charge < -0.3 is 11.1 Å². The van der Waals surface area contributed by atoms with E-state index in [0.29, 0.717) is 0 Å². The first-order valence-corrected chi connectivity index (χ1v) is 5.03. The fraction of sp³-hybridized carbons (Fsp3) is 0.750. The molecule has 0 unspecified atom stereocenters. The summed E-state index contributed by atoms with van der Waals surface area (Å²) in [6.45, 7) is 10.9. The average Bonchev–Trinajstić information content (AvgIpc) is 2.01. The minimum absolute atomic E-state index is 0.127. The van der Waals surface area contributed by atoms with E-state index in [9.17, 15) is 4.79 Å². The van der Waals surface area contributed by atoms with Crippen LogP contribution in [0.2, 0.25) is 0 Å². The third kappa shape index (κ3) is 3.24. The second-order valence-electron chi connectivity index (χ2n) is 5.57. The SMILES string of the molecule is C#CC(C)(C)NC(=O)C(C)(C)C(C)(C)N. The number of carbonyl (C=O) groups excluding carboxylic acids is 1. The van der Waals surface area contributed by atoms with Gasteiger partial charge in [-0.15, -0.1) is 6.42 Å². The Morgan fingerprint density at radius 3 is 1.87 bits per heavy atom. The van der Waals surface area contributed by atoms with Gasteiger partial charge in [-0.25, -0.2) is 0 Å². The highest BCUT2D eigenvalue weighted by Crippen LogP contribution is 2.28. The van der Waals surface area contributed by atoms with Gasteiger partial charge in [0.15, 0.2) is 0 Å². The zero-order chi connectivity index (χ0) is 12.5. The van der Waals surface area contributed by atoms with Gasteiger partial charge in [0.25, 0.3) is 0 Å². The van der Waals surface area contributed by atoms with E-state index >= 15 is 0 Å². The van der Waals surface area contributed by atoms with Crippen molar-refractivity contribution in [1.29, 1.82) is 0 Å². The minimum atomic E-state index is -0.666. The molecule has 3 nitrogen and oxygen atoms in total. The second-order valence-corrected chi connectivity index (χ2v) is 5.57. The average molecular weight is 210 g/mol. The Kier molecular flexibility index (Phi) is 3.60. The fourth-order valence-corrected chi connectivity index (χ4v) is 0.769. The number of terminal acetylenes is 1. The zero-order valence-corrected chi connectivity index (χ0v) is 10.6. The van der Waals surface area contributed by atoms with Crippen molar-refractivity contribution in [2.45, 2.75) is 52.6 Å². The fourth-order valence-electron chi connectivity index (χ4n) is 0.769. The van der Waals surface area contributed by atoms with Crippen molar-refractivity contribution in [2.75, 3.05) is 0 Å². The molecule has 86 valence electrons. The number of nitrogens with two attached hydrogens (primary N) is 1. The molecule has 0 aliphatic heterocycles. The van der Waals surface area contributed by atoms with Crippen molar-refractivity contribution < 1.29 is 4.79 Å². The van der Waals surface area contributed by atoms with E-state index in [1.54, 1.807) is 13.8 Å². The number of rotatable bonds is 3. The summed E-state index contributed by atoms with van der Waals surface area (Å²) < 4.78 is 0. The molecule has 0 aliphatic rings. The summed E-state index contributed by atoms with van der Waals surface area (Å²) in [6, 6.07) is 0. The van der Waals surface area contributed by atoms with Crippen molar-refractivity contribution >= 4 is 5.91 Å². The highest BCUT2D eigenvalue weighted by atomic mass is 16.2. The lowest BCUT2D eigenvalue weighted by Crippen LogP contribution is -2.58. The molecule has 0 saturated carbocycles. The third-order valence-corrected chi connectivity index (χ3v) is 2.97. The predicted molar refractivity (Wildman–Crippen MR) is 63.1 cm³/mol. The maximum Gasteiger partial charge on any atom is 0.228 e. The lowest BCUT2D eigenvalue weighted by atomic mass is 9.74. The van der Waals surface area contributed by atoms with Crippen LogP contribution in [-0.2, 0) is 4.79 Å². The molecule has 0 saturated heterocycles. The molecule has 1 amide bonds. The van der Waals surface area contributed by atoms with Crippen LogP contribution in [0.1, 0.15) is 41.5 Å². The van der Waals surface area contributed by atoms with Gasteiger partial charge in [0, 0.05) is 5.54 Å². The van der Waals surface area contributed by atoms with E-state index in [2.05, 4.69) is 11.2 Å². The molecule has 0 aromatic carbocycles. The van der Waals surface area contributed by atoms with E-state index in [-0.39, 0.29) is 5.91 Å². The molecule has 0 fully saturated rings. The lowest BCUT2D eigenvalue weighted by molar-refractivity contribution is -0.133. The van der Waals surface area contributed by atoms with Gasteiger partial charge in [0.05, 0.1) is 11.0 Å². The number of carbonyl (C=O) groups is 1. The Labute approximate surface area is 92.8 Å². The Bertz CT molecular complexity index is 290. The van der Waals surface area contributed by atoms with Crippen LogP contribution in [0.4, 0.5) is 0 Å². The van der Waals surface area contributed by atoms with Gasteiger partial charge in [-0.1, -0.05) is 5.92 Å². The van der Waals surface area contributed by atoms with E-state index in [1.165, 1.54) is 0 Å². The summed E-state index contributed by atoms with van der Waals surface area (Å²) in [6.07, 6.45) is 5.31. The monoisotopic (exact) mass is 210 g/mol. The summed E-state index contributed by atoms with van der Waals surface area (Å²) in [5.74, 6) is 2.40. The van der Waals surface area contributed by atoms with Crippen molar-refractivity contribution in [3.63, 3.8) is 0 Å². The molecule has 0 heterocycles. The Hall–Kier alpha value is -1.01. The molecule has 3 heteroatoms. The molecule has 0 radical (unpaired) electrons. The van der Waals surface area contributed by atoms with Crippen LogP contribution < -0.4 is 11.1 Å². The molecule has 3 N–H and O–H groups in total. The minimum Gasteiger partial charge on any atom is -0.340 e. The normalized spacial score (nSPS) is 13.2. The first-order valence-electron chi connectivity index (χ1n) is 5.03. The van der Waals surface area contributed by atoms with Crippen LogP contribution in [0.25, 0.3) is 0 Å². The van der Waals surface area contributed by atoms with E-state index < -0.39 is 16.5 Å². The van der Waals surface area contributed by atoms with Crippen LogP contribution >= 0.6 is 0 Å².